The molecule has 0 radical (unpaired) electrons. The van der Waals surface area contributed by atoms with E-state index >= 15 is 0 Å². The van der Waals surface area contributed by atoms with Gasteiger partial charge in [-0.2, -0.15) is 0 Å². The molecule has 9 unspecified atom stereocenters. The smallest absolute Gasteiger partial charge is 0.335 e. The third-order valence-corrected chi connectivity index (χ3v) is 10.3. The monoisotopic (exact) mass is 440 g/mol. The van der Waals surface area contributed by atoms with E-state index in [2.05, 4.69) is 18.2 Å². The zero-order valence-electron chi connectivity index (χ0n) is 18.5. The van der Waals surface area contributed by atoms with E-state index in [0.29, 0.717) is 11.5 Å². The van der Waals surface area contributed by atoms with Crippen molar-refractivity contribution in [2.45, 2.75) is 70.1 Å². The fourth-order valence-electron chi connectivity index (χ4n) is 9.20. The highest BCUT2D eigenvalue weighted by Crippen LogP contribution is 2.61. The molecule has 0 spiro atoms. The summed E-state index contributed by atoms with van der Waals surface area (Å²) >= 11 is 0. The Labute approximate surface area is 193 Å². The molecule has 0 aliphatic heterocycles. The Kier molecular flexibility index (Phi) is 5.97. The zero-order valence-corrected chi connectivity index (χ0v) is 19.3. The average molecular weight is 441 g/mol. The first kappa shape index (κ1) is 21.6. The van der Waals surface area contributed by atoms with Crippen LogP contribution < -0.4 is 0 Å². The standard InChI is InChI=1S/C28H36O2.ClH/c29-28(30)27-6-2-1-5-21(27)18-9-11-22-19(16-18)10-13-26-24(22)15-14-23-20-7-3-4-17(20)8-12-25(23)26;/h1-6,17-20,22-26H,7-16H2,(H,29,30);1H. The summed E-state index contributed by atoms with van der Waals surface area (Å²) in [6.45, 7) is 0. The lowest BCUT2D eigenvalue weighted by atomic mass is 9.48. The van der Waals surface area contributed by atoms with E-state index in [1.807, 2.05) is 12.1 Å². The van der Waals surface area contributed by atoms with Crippen molar-refractivity contribution in [3.8, 4) is 0 Å². The Hall–Kier alpha value is -1.28. The lowest BCUT2D eigenvalue weighted by molar-refractivity contribution is -0.0654. The van der Waals surface area contributed by atoms with Crippen LogP contribution in [0, 0.1) is 47.3 Å². The normalized spacial score (nSPS) is 43.0. The quantitative estimate of drug-likeness (QED) is 0.488. The predicted molar refractivity (Wildman–Crippen MR) is 127 cm³/mol. The molecular formula is C28H37ClO2. The number of halogens is 1. The first-order valence-corrected chi connectivity index (χ1v) is 12.7. The second-order valence-corrected chi connectivity index (χ2v) is 11.2. The van der Waals surface area contributed by atoms with Gasteiger partial charge in [-0.25, -0.2) is 4.79 Å². The molecule has 5 aliphatic rings. The predicted octanol–water partition coefficient (Wildman–Crippen LogP) is 7.35. The van der Waals surface area contributed by atoms with Crippen molar-refractivity contribution in [2.24, 2.45) is 47.3 Å². The number of carboxylic acids is 1. The molecule has 1 aromatic rings. The molecule has 1 N–H and O–H groups in total. The first-order valence-electron chi connectivity index (χ1n) is 12.7. The fourth-order valence-corrected chi connectivity index (χ4v) is 9.20. The van der Waals surface area contributed by atoms with Crippen LogP contribution in [0.15, 0.2) is 36.4 Å². The number of fused-ring (bicyclic) bond motifs is 7. The van der Waals surface area contributed by atoms with Crippen molar-refractivity contribution in [3.63, 3.8) is 0 Å². The van der Waals surface area contributed by atoms with E-state index in [1.165, 1.54) is 64.2 Å². The van der Waals surface area contributed by atoms with Crippen LogP contribution in [0.5, 0.6) is 0 Å². The minimum Gasteiger partial charge on any atom is -0.478 e. The maximum atomic E-state index is 11.7. The Morgan fingerprint density at radius 3 is 2.23 bits per heavy atom. The fraction of sp³-hybridized carbons (Fsp3) is 0.679. The minimum absolute atomic E-state index is 0. The van der Waals surface area contributed by atoms with Gasteiger partial charge in [-0.05, 0) is 129 Å². The van der Waals surface area contributed by atoms with Crippen molar-refractivity contribution in [3.05, 3.63) is 47.5 Å². The summed E-state index contributed by atoms with van der Waals surface area (Å²) in [6.07, 6.45) is 18.9. The van der Waals surface area contributed by atoms with Crippen LogP contribution >= 0.6 is 12.4 Å². The van der Waals surface area contributed by atoms with Gasteiger partial charge in [-0.3, -0.25) is 0 Å². The topological polar surface area (TPSA) is 37.3 Å². The molecule has 0 saturated heterocycles. The number of allylic oxidation sites excluding steroid dienone is 2. The summed E-state index contributed by atoms with van der Waals surface area (Å²) in [6, 6.07) is 7.78. The maximum absolute atomic E-state index is 11.7. The van der Waals surface area contributed by atoms with Crippen LogP contribution in [0.3, 0.4) is 0 Å². The first-order chi connectivity index (χ1) is 14.7. The summed E-state index contributed by atoms with van der Waals surface area (Å²) in [5, 5.41) is 9.65. The van der Waals surface area contributed by atoms with Gasteiger partial charge < -0.3 is 5.11 Å². The number of hydrogen-bond acceptors (Lipinski definition) is 1. The molecule has 0 bridgehead atoms. The molecule has 9 atom stereocenters. The molecule has 1 aromatic carbocycles. The number of benzene rings is 1. The van der Waals surface area contributed by atoms with Crippen molar-refractivity contribution in [1.82, 2.24) is 0 Å². The van der Waals surface area contributed by atoms with E-state index in [4.69, 9.17) is 0 Å². The van der Waals surface area contributed by atoms with Gasteiger partial charge in [0.2, 0.25) is 0 Å². The van der Waals surface area contributed by atoms with Crippen molar-refractivity contribution >= 4 is 18.4 Å². The van der Waals surface area contributed by atoms with Crippen LogP contribution in [0.2, 0.25) is 0 Å². The van der Waals surface area contributed by atoms with E-state index < -0.39 is 5.97 Å². The van der Waals surface area contributed by atoms with Crippen LogP contribution in [0.4, 0.5) is 0 Å². The van der Waals surface area contributed by atoms with Crippen LogP contribution in [-0.2, 0) is 0 Å². The Balaban J connectivity index is 0.00000204. The zero-order chi connectivity index (χ0) is 20.2. The molecule has 4 saturated carbocycles. The summed E-state index contributed by atoms with van der Waals surface area (Å²) in [4.78, 5) is 11.7. The molecule has 31 heavy (non-hydrogen) atoms. The highest BCUT2D eigenvalue weighted by molar-refractivity contribution is 5.89. The summed E-state index contributed by atoms with van der Waals surface area (Å²) in [5.41, 5.74) is 1.64. The number of carbonyl (C=O) groups is 1. The van der Waals surface area contributed by atoms with E-state index in [-0.39, 0.29) is 12.4 Å². The molecular weight excluding hydrogens is 404 g/mol. The minimum atomic E-state index is -0.758. The Bertz CT molecular complexity index is 847. The van der Waals surface area contributed by atoms with Gasteiger partial charge >= 0.3 is 5.97 Å². The second-order valence-electron chi connectivity index (χ2n) is 11.2. The molecule has 5 aliphatic carbocycles. The summed E-state index contributed by atoms with van der Waals surface area (Å²) in [5.74, 6) is 7.30. The number of hydrogen-bond donors (Lipinski definition) is 1. The SMILES string of the molecule is Cl.O=C(O)c1ccccc1C1CCC2C(CCC3C2CCC2C4CC=CC4CCC23)C1. The van der Waals surface area contributed by atoms with Gasteiger partial charge in [0, 0.05) is 0 Å². The van der Waals surface area contributed by atoms with E-state index in [9.17, 15) is 9.90 Å². The Morgan fingerprint density at radius 2 is 1.42 bits per heavy atom. The second kappa shape index (κ2) is 8.58. The van der Waals surface area contributed by atoms with Crippen molar-refractivity contribution in [2.75, 3.05) is 0 Å². The van der Waals surface area contributed by atoms with Gasteiger partial charge in [0.1, 0.15) is 0 Å². The number of carboxylic acid groups (broad SMARTS) is 1. The van der Waals surface area contributed by atoms with Crippen molar-refractivity contribution in [1.29, 1.82) is 0 Å². The lowest BCUT2D eigenvalue weighted by Gasteiger charge is -2.57. The van der Waals surface area contributed by atoms with E-state index in [1.54, 1.807) is 6.07 Å². The molecule has 2 nitrogen and oxygen atoms in total. The van der Waals surface area contributed by atoms with Gasteiger partial charge in [0.25, 0.3) is 0 Å². The van der Waals surface area contributed by atoms with Gasteiger partial charge in [-0.1, -0.05) is 30.4 Å². The molecule has 0 amide bonds. The van der Waals surface area contributed by atoms with Crippen LogP contribution in [-0.4, -0.2) is 11.1 Å². The van der Waals surface area contributed by atoms with Gasteiger partial charge in [-0.15, -0.1) is 12.4 Å². The van der Waals surface area contributed by atoms with Gasteiger partial charge in [0.15, 0.2) is 0 Å². The molecule has 0 aromatic heterocycles. The van der Waals surface area contributed by atoms with Gasteiger partial charge in [0.05, 0.1) is 5.56 Å². The molecule has 6 rings (SSSR count). The van der Waals surface area contributed by atoms with E-state index in [0.717, 1.165) is 52.9 Å². The number of rotatable bonds is 2. The number of aromatic carboxylic acids is 1. The highest BCUT2D eigenvalue weighted by Gasteiger charge is 2.52. The molecule has 0 heterocycles. The van der Waals surface area contributed by atoms with Crippen LogP contribution in [0.1, 0.15) is 86.0 Å². The highest BCUT2D eigenvalue weighted by atomic mass is 35.5. The lowest BCUT2D eigenvalue weighted by Crippen LogP contribution is -2.48. The summed E-state index contributed by atoms with van der Waals surface area (Å²) in [7, 11) is 0. The summed E-state index contributed by atoms with van der Waals surface area (Å²) < 4.78 is 0. The molecule has 4 fully saturated rings. The maximum Gasteiger partial charge on any atom is 0.335 e. The average Bonchev–Trinajstić information content (AvgIpc) is 3.27. The molecule has 3 heteroatoms. The third-order valence-electron chi connectivity index (χ3n) is 10.3. The van der Waals surface area contributed by atoms with Crippen molar-refractivity contribution < 1.29 is 9.90 Å². The Morgan fingerprint density at radius 1 is 0.774 bits per heavy atom. The van der Waals surface area contributed by atoms with Crippen LogP contribution in [0.25, 0.3) is 0 Å². The third kappa shape index (κ3) is 3.58. The molecule has 168 valence electrons. The largest absolute Gasteiger partial charge is 0.478 e.